The Morgan fingerprint density at radius 3 is 2.96 bits per heavy atom. The highest BCUT2D eigenvalue weighted by Crippen LogP contribution is 2.30. The maximum absolute atomic E-state index is 12.8. The number of hydrogen-bond acceptors (Lipinski definition) is 6. The normalized spacial score (nSPS) is 19.3. The maximum atomic E-state index is 12.8. The fraction of sp³-hybridized carbons (Fsp3) is 0.312. The molecule has 0 saturated carbocycles. The minimum Gasteiger partial charge on any atom is -0.384 e. The number of piperidine rings is 1. The average molecular weight is 358 g/mol. The van der Waals surface area contributed by atoms with Crippen LogP contribution in [-0.2, 0) is 10.0 Å². The van der Waals surface area contributed by atoms with E-state index in [2.05, 4.69) is 20.2 Å². The lowest BCUT2D eigenvalue weighted by atomic mass is 9.95. The second-order valence-electron chi connectivity index (χ2n) is 6.14. The first-order valence-corrected chi connectivity index (χ1v) is 9.50. The highest BCUT2D eigenvalue weighted by molar-refractivity contribution is 7.89. The number of aromatic nitrogens is 4. The minimum atomic E-state index is -3.54. The third-order valence-electron chi connectivity index (χ3n) is 4.54. The predicted molar refractivity (Wildman–Crippen MR) is 93.3 cm³/mol. The number of nitrogens with one attached hydrogen (secondary N) is 1. The topological polar surface area (TPSA) is 118 Å². The number of H-pyrrole nitrogens is 1. The third-order valence-corrected chi connectivity index (χ3v) is 6.39. The molecule has 25 heavy (non-hydrogen) atoms. The summed E-state index contributed by atoms with van der Waals surface area (Å²) in [5, 5.41) is 7.58. The van der Waals surface area contributed by atoms with Crippen LogP contribution >= 0.6 is 0 Å². The summed E-state index contributed by atoms with van der Waals surface area (Å²) in [6.45, 7) is 0.904. The van der Waals surface area contributed by atoms with Gasteiger partial charge in [-0.05, 0) is 37.1 Å². The molecular formula is C16H18N6O2S. The van der Waals surface area contributed by atoms with Gasteiger partial charge in [-0.15, -0.1) is 0 Å². The molecule has 0 spiro atoms. The van der Waals surface area contributed by atoms with Crippen molar-refractivity contribution in [1.29, 1.82) is 0 Å². The summed E-state index contributed by atoms with van der Waals surface area (Å²) in [4.78, 5) is 8.69. The number of rotatable bonds is 3. The molecule has 1 aliphatic heterocycles. The Morgan fingerprint density at radius 2 is 2.16 bits per heavy atom. The van der Waals surface area contributed by atoms with Crippen LogP contribution in [0.1, 0.15) is 24.5 Å². The smallest absolute Gasteiger partial charge is 0.244 e. The van der Waals surface area contributed by atoms with Crippen LogP contribution in [0, 0.1) is 0 Å². The molecule has 0 aromatic carbocycles. The largest absolute Gasteiger partial charge is 0.384 e. The van der Waals surface area contributed by atoms with Gasteiger partial charge in [0.2, 0.25) is 10.0 Å². The van der Waals surface area contributed by atoms with E-state index in [9.17, 15) is 8.42 Å². The van der Waals surface area contributed by atoms with Gasteiger partial charge in [-0.25, -0.2) is 13.4 Å². The first-order chi connectivity index (χ1) is 12.1. The molecule has 1 saturated heterocycles. The van der Waals surface area contributed by atoms with E-state index in [1.807, 2.05) is 12.1 Å². The highest BCUT2D eigenvalue weighted by Gasteiger charge is 2.31. The lowest BCUT2D eigenvalue weighted by Crippen LogP contribution is -2.39. The van der Waals surface area contributed by atoms with Crippen molar-refractivity contribution in [2.75, 3.05) is 18.8 Å². The van der Waals surface area contributed by atoms with Gasteiger partial charge in [0.25, 0.3) is 0 Å². The lowest BCUT2D eigenvalue weighted by Gasteiger charge is -2.31. The number of hydrogen-bond donors (Lipinski definition) is 2. The first-order valence-electron chi connectivity index (χ1n) is 8.06. The third kappa shape index (κ3) is 2.85. The Balaban J connectivity index is 1.62. The number of sulfonamides is 1. The van der Waals surface area contributed by atoms with E-state index in [0.717, 1.165) is 23.9 Å². The molecule has 1 unspecified atom stereocenters. The molecule has 1 aliphatic rings. The van der Waals surface area contributed by atoms with Crippen molar-refractivity contribution in [3.05, 3.63) is 42.4 Å². The Morgan fingerprint density at radius 1 is 1.28 bits per heavy atom. The Kier molecular flexibility index (Phi) is 3.89. The van der Waals surface area contributed by atoms with Crippen molar-refractivity contribution in [3.63, 3.8) is 0 Å². The van der Waals surface area contributed by atoms with Crippen LogP contribution in [0.2, 0.25) is 0 Å². The van der Waals surface area contributed by atoms with Crippen LogP contribution in [0.4, 0.5) is 5.82 Å². The number of nitrogen functional groups attached to an aromatic ring is 1. The van der Waals surface area contributed by atoms with Crippen molar-refractivity contribution in [3.8, 4) is 0 Å². The molecule has 1 fully saturated rings. The van der Waals surface area contributed by atoms with Gasteiger partial charge in [0.1, 0.15) is 10.7 Å². The molecule has 8 nitrogen and oxygen atoms in total. The zero-order valence-corrected chi connectivity index (χ0v) is 14.3. The van der Waals surface area contributed by atoms with Crippen molar-refractivity contribution in [1.82, 2.24) is 24.5 Å². The summed E-state index contributed by atoms with van der Waals surface area (Å²) in [7, 11) is -3.54. The Labute approximate surface area is 145 Å². The molecule has 9 heteroatoms. The number of pyridine rings is 2. The van der Waals surface area contributed by atoms with Crippen molar-refractivity contribution in [2.45, 2.75) is 23.7 Å². The van der Waals surface area contributed by atoms with Gasteiger partial charge in [0, 0.05) is 37.1 Å². The van der Waals surface area contributed by atoms with Gasteiger partial charge >= 0.3 is 0 Å². The quantitative estimate of drug-likeness (QED) is 0.732. The van der Waals surface area contributed by atoms with E-state index >= 15 is 0 Å². The van der Waals surface area contributed by atoms with Crippen molar-refractivity contribution in [2.24, 2.45) is 0 Å². The predicted octanol–water partition coefficient (Wildman–Crippen LogP) is 1.50. The van der Waals surface area contributed by atoms with Crippen molar-refractivity contribution >= 4 is 26.9 Å². The van der Waals surface area contributed by atoms with Gasteiger partial charge in [-0.2, -0.15) is 9.40 Å². The van der Waals surface area contributed by atoms with Gasteiger partial charge in [-0.3, -0.25) is 10.1 Å². The SMILES string of the molecule is Nc1[nH]nc2nc(C3CCCN(S(=O)(=O)c4cccnc4)C3)ccc12. The van der Waals surface area contributed by atoms with E-state index in [1.54, 1.807) is 18.3 Å². The van der Waals surface area contributed by atoms with Gasteiger partial charge in [0.05, 0.1) is 5.39 Å². The van der Waals surface area contributed by atoms with E-state index < -0.39 is 10.0 Å². The number of nitrogens with zero attached hydrogens (tertiary/aromatic N) is 4. The fourth-order valence-electron chi connectivity index (χ4n) is 3.21. The monoisotopic (exact) mass is 358 g/mol. The molecule has 0 bridgehead atoms. The fourth-order valence-corrected chi connectivity index (χ4v) is 4.70. The van der Waals surface area contributed by atoms with Crippen LogP contribution in [0.5, 0.6) is 0 Å². The molecule has 1 atom stereocenters. The Bertz CT molecular complexity index is 1000. The standard InChI is InChI=1S/C16H18N6O2S/c17-15-13-5-6-14(19-16(13)21-20-15)11-3-2-8-22(10-11)25(23,24)12-4-1-7-18-9-12/h1,4-7,9,11H,2-3,8,10H2,(H3,17,19,20,21). The summed E-state index contributed by atoms with van der Waals surface area (Å²) in [5.74, 6) is 0.515. The molecule has 3 N–H and O–H groups in total. The van der Waals surface area contributed by atoms with Gasteiger partial charge in [-0.1, -0.05) is 0 Å². The molecule has 4 heterocycles. The number of aromatic amines is 1. The summed E-state index contributed by atoms with van der Waals surface area (Å²) in [6.07, 6.45) is 4.62. The molecule has 3 aromatic rings. The number of nitrogens with two attached hydrogens (primary N) is 1. The second kappa shape index (κ2) is 6.08. The molecule has 0 amide bonds. The van der Waals surface area contributed by atoms with E-state index in [1.165, 1.54) is 10.5 Å². The van der Waals surface area contributed by atoms with E-state index in [4.69, 9.17) is 5.73 Å². The molecular weight excluding hydrogens is 340 g/mol. The summed E-state index contributed by atoms with van der Waals surface area (Å²) in [6, 6.07) is 6.98. The van der Waals surface area contributed by atoms with Crippen LogP contribution in [0.3, 0.4) is 0 Å². The van der Waals surface area contributed by atoms with Gasteiger partial charge in [0.15, 0.2) is 5.65 Å². The second-order valence-corrected chi connectivity index (χ2v) is 8.07. The van der Waals surface area contributed by atoms with Crippen LogP contribution in [0.25, 0.3) is 11.0 Å². The first kappa shape index (κ1) is 16.0. The summed E-state index contributed by atoms with van der Waals surface area (Å²) < 4.78 is 27.1. The van der Waals surface area contributed by atoms with E-state index in [0.29, 0.717) is 24.6 Å². The molecule has 3 aromatic heterocycles. The molecule has 4 rings (SSSR count). The van der Waals surface area contributed by atoms with E-state index in [-0.39, 0.29) is 10.8 Å². The van der Waals surface area contributed by atoms with Crippen LogP contribution in [-0.4, -0.2) is 46.0 Å². The summed E-state index contributed by atoms with van der Waals surface area (Å²) in [5.41, 5.74) is 7.19. The zero-order chi connectivity index (χ0) is 17.4. The maximum Gasteiger partial charge on any atom is 0.244 e. The van der Waals surface area contributed by atoms with Gasteiger partial charge < -0.3 is 5.73 Å². The number of fused-ring (bicyclic) bond motifs is 1. The Hall–Kier alpha value is -2.52. The van der Waals surface area contributed by atoms with Crippen LogP contribution < -0.4 is 5.73 Å². The van der Waals surface area contributed by atoms with Crippen LogP contribution in [0.15, 0.2) is 41.6 Å². The number of anilines is 1. The van der Waals surface area contributed by atoms with Crippen molar-refractivity contribution < 1.29 is 8.42 Å². The molecule has 0 aliphatic carbocycles. The summed E-state index contributed by atoms with van der Waals surface area (Å²) >= 11 is 0. The zero-order valence-electron chi connectivity index (χ0n) is 13.5. The molecule has 130 valence electrons. The molecule has 0 radical (unpaired) electrons. The lowest BCUT2D eigenvalue weighted by molar-refractivity contribution is 0.313. The highest BCUT2D eigenvalue weighted by atomic mass is 32.2. The minimum absolute atomic E-state index is 0.0301. The average Bonchev–Trinajstić information content (AvgIpc) is 3.03.